The molecular formula is C23H34N6OS. The number of nitrogens with zero attached hydrogens (tertiary/aromatic N) is 5. The average molecular weight is 443 g/mol. The molecule has 1 saturated heterocycles. The highest BCUT2D eigenvalue weighted by molar-refractivity contribution is 7.99. The highest BCUT2D eigenvalue weighted by Crippen LogP contribution is 2.41. The lowest BCUT2D eigenvalue weighted by Gasteiger charge is -2.27. The van der Waals surface area contributed by atoms with Crippen LogP contribution in [0.2, 0.25) is 0 Å². The van der Waals surface area contributed by atoms with Gasteiger partial charge in [-0.1, -0.05) is 11.8 Å². The summed E-state index contributed by atoms with van der Waals surface area (Å²) in [5.74, 6) is 1.31. The van der Waals surface area contributed by atoms with E-state index in [0.29, 0.717) is 17.8 Å². The van der Waals surface area contributed by atoms with Crippen LogP contribution >= 0.6 is 11.8 Å². The lowest BCUT2D eigenvalue weighted by Crippen LogP contribution is -2.32. The normalized spacial score (nSPS) is 16.6. The van der Waals surface area contributed by atoms with E-state index in [1.165, 1.54) is 49.6 Å². The molecule has 1 aliphatic carbocycles. The van der Waals surface area contributed by atoms with Gasteiger partial charge in [0.05, 0.1) is 5.75 Å². The minimum atomic E-state index is -0.0150. The fraction of sp³-hybridized carbons (Fsp3) is 0.609. The highest BCUT2D eigenvalue weighted by Gasteiger charge is 2.32. The predicted molar refractivity (Wildman–Crippen MR) is 128 cm³/mol. The van der Waals surface area contributed by atoms with Gasteiger partial charge in [-0.05, 0) is 77.1 Å². The number of amides is 1. The molecule has 1 amide bonds. The quantitative estimate of drug-likeness (QED) is 0.574. The number of thioether (sulfide) groups is 1. The lowest BCUT2D eigenvalue weighted by molar-refractivity contribution is -0.113. The lowest BCUT2D eigenvalue weighted by atomic mass is 10.1. The maximum absolute atomic E-state index is 12.6. The molecule has 8 heteroatoms. The first-order valence-corrected chi connectivity index (χ1v) is 12.5. The predicted octanol–water partition coefficient (Wildman–Crippen LogP) is 4.57. The molecule has 2 heterocycles. The Morgan fingerprint density at radius 1 is 1.16 bits per heavy atom. The number of piperidine rings is 1. The summed E-state index contributed by atoms with van der Waals surface area (Å²) >= 11 is 1.49. The van der Waals surface area contributed by atoms with Crippen molar-refractivity contribution in [1.29, 1.82) is 0 Å². The molecule has 2 fully saturated rings. The number of anilines is 3. The molecule has 1 aromatic carbocycles. The second kappa shape index (κ2) is 9.94. The van der Waals surface area contributed by atoms with E-state index in [2.05, 4.69) is 62.8 Å². The van der Waals surface area contributed by atoms with Crippen molar-refractivity contribution < 1.29 is 4.79 Å². The van der Waals surface area contributed by atoms with Gasteiger partial charge in [0.2, 0.25) is 11.9 Å². The Bertz CT molecular complexity index is 871. The molecule has 2 aliphatic rings. The molecule has 0 atom stereocenters. The van der Waals surface area contributed by atoms with Crippen LogP contribution in [0.1, 0.15) is 58.9 Å². The summed E-state index contributed by atoms with van der Waals surface area (Å²) in [5, 5.41) is 12.8. The van der Waals surface area contributed by atoms with Crippen molar-refractivity contribution >= 4 is 35.0 Å². The summed E-state index contributed by atoms with van der Waals surface area (Å²) in [7, 11) is 0. The molecule has 0 radical (unpaired) electrons. The Morgan fingerprint density at radius 2 is 1.87 bits per heavy atom. The summed E-state index contributed by atoms with van der Waals surface area (Å²) < 4.78 is 2.27. The van der Waals surface area contributed by atoms with Crippen LogP contribution in [0.4, 0.5) is 17.3 Å². The largest absolute Gasteiger partial charge is 0.369 e. The fourth-order valence-corrected chi connectivity index (χ4v) is 5.04. The van der Waals surface area contributed by atoms with Crippen molar-refractivity contribution in [3.05, 3.63) is 24.3 Å². The number of carbonyl (C=O) groups excluding carboxylic acids is 1. The third-order valence-corrected chi connectivity index (χ3v) is 6.92. The number of carbonyl (C=O) groups is 1. The van der Waals surface area contributed by atoms with E-state index in [-0.39, 0.29) is 5.91 Å². The number of nitrogens with one attached hydrogen (secondary N) is 1. The van der Waals surface area contributed by atoms with Gasteiger partial charge < -0.3 is 15.1 Å². The van der Waals surface area contributed by atoms with Crippen LogP contribution in [0, 0.1) is 0 Å². The fourth-order valence-electron chi connectivity index (χ4n) is 4.24. The van der Waals surface area contributed by atoms with Gasteiger partial charge in [-0.25, -0.2) is 0 Å². The zero-order chi connectivity index (χ0) is 21.8. The second-order valence-electron chi connectivity index (χ2n) is 8.69. The van der Waals surface area contributed by atoms with Crippen LogP contribution in [0.3, 0.4) is 0 Å². The van der Waals surface area contributed by atoms with Gasteiger partial charge in [0.15, 0.2) is 5.16 Å². The molecule has 0 spiro atoms. The Labute approximate surface area is 189 Å². The average Bonchev–Trinajstić information content (AvgIpc) is 3.53. The molecule has 0 unspecified atom stereocenters. The molecule has 4 rings (SSSR count). The van der Waals surface area contributed by atoms with Crippen LogP contribution < -0.4 is 15.1 Å². The van der Waals surface area contributed by atoms with Crippen molar-refractivity contribution in [2.75, 3.05) is 40.5 Å². The van der Waals surface area contributed by atoms with Crippen LogP contribution in [0.25, 0.3) is 0 Å². The highest BCUT2D eigenvalue weighted by atomic mass is 32.2. The molecule has 1 aromatic heterocycles. The molecule has 1 saturated carbocycles. The second-order valence-corrected chi connectivity index (χ2v) is 9.64. The topological polar surface area (TPSA) is 66.3 Å². The van der Waals surface area contributed by atoms with Crippen molar-refractivity contribution in [1.82, 2.24) is 14.8 Å². The summed E-state index contributed by atoms with van der Waals surface area (Å²) in [6.45, 7) is 9.60. The van der Waals surface area contributed by atoms with Gasteiger partial charge in [-0.3, -0.25) is 9.36 Å². The van der Waals surface area contributed by atoms with Gasteiger partial charge in [-0.2, -0.15) is 0 Å². The molecule has 7 nitrogen and oxygen atoms in total. The first kappa shape index (κ1) is 22.0. The molecular weight excluding hydrogens is 408 g/mol. The number of hydrogen-bond donors (Lipinski definition) is 1. The summed E-state index contributed by atoms with van der Waals surface area (Å²) in [4.78, 5) is 17.2. The minimum Gasteiger partial charge on any atom is -0.369 e. The smallest absolute Gasteiger partial charge is 0.234 e. The first-order valence-electron chi connectivity index (χ1n) is 11.6. The molecule has 168 valence electrons. The van der Waals surface area contributed by atoms with Crippen molar-refractivity contribution in [3.63, 3.8) is 0 Å². The maximum atomic E-state index is 12.6. The van der Waals surface area contributed by atoms with Gasteiger partial charge in [0, 0.05) is 43.1 Å². The SMILES string of the molecule is CCN(c1ccc(NC(=O)CSc2nnc(N3CCCCC3)n2C2CC2)cc1)C(C)C. The third-order valence-electron chi connectivity index (χ3n) is 5.98. The zero-order valence-electron chi connectivity index (χ0n) is 18.9. The monoisotopic (exact) mass is 442 g/mol. The Balaban J connectivity index is 1.35. The third kappa shape index (κ3) is 5.34. The van der Waals surface area contributed by atoms with E-state index in [1.807, 2.05) is 12.1 Å². The van der Waals surface area contributed by atoms with E-state index in [4.69, 9.17) is 0 Å². The Kier molecular flexibility index (Phi) is 7.05. The van der Waals surface area contributed by atoms with E-state index >= 15 is 0 Å². The zero-order valence-corrected chi connectivity index (χ0v) is 19.7. The summed E-state index contributed by atoms with van der Waals surface area (Å²) in [6.07, 6.45) is 6.08. The maximum Gasteiger partial charge on any atom is 0.234 e. The van der Waals surface area contributed by atoms with Crippen molar-refractivity contribution in [2.24, 2.45) is 0 Å². The van der Waals surface area contributed by atoms with E-state index in [9.17, 15) is 4.79 Å². The summed E-state index contributed by atoms with van der Waals surface area (Å²) in [6, 6.07) is 9.03. The van der Waals surface area contributed by atoms with Gasteiger partial charge in [0.1, 0.15) is 0 Å². The molecule has 0 bridgehead atoms. The van der Waals surface area contributed by atoms with E-state index in [1.54, 1.807) is 0 Å². The summed E-state index contributed by atoms with van der Waals surface area (Å²) in [5.41, 5.74) is 2.00. The van der Waals surface area contributed by atoms with E-state index in [0.717, 1.165) is 36.4 Å². The molecule has 31 heavy (non-hydrogen) atoms. The number of rotatable bonds is 9. The van der Waals surface area contributed by atoms with Gasteiger partial charge >= 0.3 is 0 Å². The van der Waals surface area contributed by atoms with Gasteiger partial charge in [0.25, 0.3) is 0 Å². The number of aromatic nitrogens is 3. The Morgan fingerprint density at radius 3 is 2.48 bits per heavy atom. The first-order chi connectivity index (χ1) is 15.1. The standard InChI is InChI=1S/C23H34N6OS/c1-4-28(17(2)3)19-10-8-18(9-11-19)24-21(30)16-31-23-26-25-22(29(23)20-12-13-20)27-14-6-5-7-15-27/h8-11,17,20H,4-7,12-16H2,1-3H3,(H,24,30). The van der Waals surface area contributed by atoms with Crippen LogP contribution in [-0.2, 0) is 4.79 Å². The van der Waals surface area contributed by atoms with Crippen molar-refractivity contribution in [2.45, 2.75) is 70.1 Å². The van der Waals surface area contributed by atoms with Gasteiger partial charge in [-0.15, -0.1) is 10.2 Å². The van der Waals surface area contributed by atoms with Crippen LogP contribution in [0.5, 0.6) is 0 Å². The Hall–Kier alpha value is -2.22. The van der Waals surface area contributed by atoms with Crippen LogP contribution in [-0.4, -0.2) is 52.1 Å². The van der Waals surface area contributed by atoms with Crippen molar-refractivity contribution in [3.8, 4) is 0 Å². The molecule has 2 aromatic rings. The molecule has 1 N–H and O–H groups in total. The van der Waals surface area contributed by atoms with E-state index < -0.39 is 0 Å². The number of benzene rings is 1. The molecule has 1 aliphatic heterocycles. The minimum absolute atomic E-state index is 0.0150. The number of hydrogen-bond acceptors (Lipinski definition) is 6. The van der Waals surface area contributed by atoms with Crippen LogP contribution in [0.15, 0.2) is 29.4 Å².